The van der Waals surface area contributed by atoms with Gasteiger partial charge < -0.3 is 19.7 Å². The van der Waals surface area contributed by atoms with E-state index in [0.717, 1.165) is 17.5 Å². The van der Waals surface area contributed by atoms with Crippen LogP contribution in [0, 0.1) is 5.92 Å². The summed E-state index contributed by atoms with van der Waals surface area (Å²) in [7, 11) is 3.14. The van der Waals surface area contributed by atoms with Crippen LogP contribution < -0.4 is 14.8 Å². The zero-order chi connectivity index (χ0) is 22.8. The molecule has 6 heteroatoms. The summed E-state index contributed by atoms with van der Waals surface area (Å²) in [6.45, 7) is 6.98. The van der Waals surface area contributed by atoms with Crippen LogP contribution in [0.25, 0.3) is 0 Å². The van der Waals surface area contributed by atoms with E-state index in [1.807, 2.05) is 36.4 Å². The van der Waals surface area contributed by atoms with Crippen molar-refractivity contribution in [3.8, 4) is 11.5 Å². The second-order valence-electron chi connectivity index (χ2n) is 8.02. The highest BCUT2D eigenvalue weighted by Gasteiger charge is 2.26. The summed E-state index contributed by atoms with van der Waals surface area (Å²) >= 11 is 0. The molecule has 31 heavy (non-hydrogen) atoms. The van der Waals surface area contributed by atoms with Gasteiger partial charge in [0, 0.05) is 13.1 Å². The SMILES string of the molecule is COc1ccc(CC(=O)N(Cc2ccccc2)[C@@H](C)C(=O)NCCC(C)C)cc1OC. The molecule has 0 unspecified atom stereocenters. The van der Waals surface area contributed by atoms with Crippen molar-refractivity contribution >= 4 is 11.8 Å². The average molecular weight is 427 g/mol. The molecule has 0 aliphatic rings. The fourth-order valence-corrected chi connectivity index (χ4v) is 3.26. The van der Waals surface area contributed by atoms with Gasteiger partial charge >= 0.3 is 0 Å². The Morgan fingerprint density at radius 1 is 0.935 bits per heavy atom. The lowest BCUT2D eigenvalue weighted by molar-refractivity contribution is -0.140. The second kappa shape index (κ2) is 12.0. The first-order valence-corrected chi connectivity index (χ1v) is 10.7. The van der Waals surface area contributed by atoms with Crippen LogP contribution >= 0.6 is 0 Å². The van der Waals surface area contributed by atoms with E-state index in [-0.39, 0.29) is 18.2 Å². The first-order valence-electron chi connectivity index (χ1n) is 10.7. The van der Waals surface area contributed by atoms with Gasteiger partial charge in [-0.1, -0.05) is 50.2 Å². The van der Waals surface area contributed by atoms with Gasteiger partial charge in [-0.05, 0) is 42.5 Å². The predicted molar refractivity (Wildman–Crippen MR) is 122 cm³/mol. The minimum absolute atomic E-state index is 0.123. The number of amides is 2. The summed E-state index contributed by atoms with van der Waals surface area (Å²) in [5.74, 6) is 1.42. The normalized spacial score (nSPS) is 11.7. The molecule has 2 aromatic carbocycles. The molecule has 168 valence electrons. The van der Waals surface area contributed by atoms with E-state index in [9.17, 15) is 9.59 Å². The predicted octanol–water partition coefficient (Wildman–Crippen LogP) is 3.83. The van der Waals surface area contributed by atoms with Crippen molar-refractivity contribution in [1.29, 1.82) is 0 Å². The molecule has 2 aromatic rings. The Balaban J connectivity index is 2.18. The Hall–Kier alpha value is -3.02. The summed E-state index contributed by atoms with van der Waals surface area (Å²) in [5.41, 5.74) is 1.78. The largest absolute Gasteiger partial charge is 0.493 e. The Kier molecular flexibility index (Phi) is 9.38. The number of nitrogens with one attached hydrogen (secondary N) is 1. The van der Waals surface area contributed by atoms with Gasteiger partial charge in [0.1, 0.15) is 6.04 Å². The van der Waals surface area contributed by atoms with Crippen molar-refractivity contribution in [3.63, 3.8) is 0 Å². The highest BCUT2D eigenvalue weighted by Crippen LogP contribution is 2.28. The van der Waals surface area contributed by atoms with Crippen molar-refractivity contribution in [2.45, 2.75) is 46.2 Å². The summed E-state index contributed by atoms with van der Waals surface area (Å²) in [4.78, 5) is 27.7. The monoisotopic (exact) mass is 426 g/mol. The van der Waals surface area contributed by atoms with Crippen LogP contribution in [0.5, 0.6) is 11.5 Å². The van der Waals surface area contributed by atoms with Crippen LogP contribution in [0.1, 0.15) is 38.3 Å². The molecule has 0 aromatic heterocycles. The lowest BCUT2D eigenvalue weighted by atomic mass is 10.1. The molecule has 6 nitrogen and oxygen atoms in total. The minimum Gasteiger partial charge on any atom is -0.493 e. The average Bonchev–Trinajstić information content (AvgIpc) is 2.77. The third kappa shape index (κ3) is 7.31. The van der Waals surface area contributed by atoms with Crippen LogP contribution in [0.15, 0.2) is 48.5 Å². The van der Waals surface area contributed by atoms with E-state index in [0.29, 0.717) is 30.5 Å². The summed E-state index contributed by atoms with van der Waals surface area (Å²) in [5, 5.41) is 2.96. The van der Waals surface area contributed by atoms with Crippen LogP contribution in [-0.4, -0.2) is 43.5 Å². The Bertz CT molecular complexity index is 852. The molecule has 0 spiro atoms. The third-order valence-electron chi connectivity index (χ3n) is 5.19. The van der Waals surface area contributed by atoms with Gasteiger partial charge in [0.05, 0.1) is 20.6 Å². The van der Waals surface area contributed by atoms with Crippen molar-refractivity contribution in [2.75, 3.05) is 20.8 Å². The molecule has 0 radical (unpaired) electrons. The molecule has 0 heterocycles. The Morgan fingerprint density at radius 3 is 2.23 bits per heavy atom. The third-order valence-corrected chi connectivity index (χ3v) is 5.19. The molecule has 0 saturated heterocycles. The molecule has 2 rings (SSSR count). The maximum absolute atomic E-state index is 13.3. The number of methoxy groups -OCH3 is 2. The van der Waals surface area contributed by atoms with Crippen LogP contribution in [0.2, 0.25) is 0 Å². The molecule has 2 amide bonds. The van der Waals surface area contributed by atoms with Crippen molar-refractivity contribution in [2.24, 2.45) is 5.92 Å². The van der Waals surface area contributed by atoms with E-state index < -0.39 is 6.04 Å². The van der Waals surface area contributed by atoms with Gasteiger partial charge in [-0.15, -0.1) is 0 Å². The molecule has 0 fully saturated rings. The van der Waals surface area contributed by atoms with E-state index in [2.05, 4.69) is 19.2 Å². The lowest BCUT2D eigenvalue weighted by Gasteiger charge is -2.29. The second-order valence-corrected chi connectivity index (χ2v) is 8.02. The fourth-order valence-electron chi connectivity index (χ4n) is 3.26. The molecule has 0 aliphatic heterocycles. The van der Waals surface area contributed by atoms with Gasteiger partial charge in [0.2, 0.25) is 11.8 Å². The molecule has 1 atom stereocenters. The summed E-state index contributed by atoms with van der Waals surface area (Å²) < 4.78 is 10.6. The molecular formula is C25H34N2O4. The number of hydrogen-bond acceptors (Lipinski definition) is 4. The van der Waals surface area contributed by atoms with Crippen molar-refractivity contribution < 1.29 is 19.1 Å². The van der Waals surface area contributed by atoms with Gasteiger partial charge in [0.25, 0.3) is 0 Å². The first-order chi connectivity index (χ1) is 14.8. The van der Waals surface area contributed by atoms with Crippen molar-refractivity contribution in [3.05, 3.63) is 59.7 Å². The molecule has 0 saturated carbocycles. The van der Waals surface area contributed by atoms with E-state index >= 15 is 0 Å². The number of ether oxygens (including phenoxy) is 2. The molecule has 0 aliphatic carbocycles. The van der Waals surface area contributed by atoms with Gasteiger partial charge in [-0.25, -0.2) is 0 Å². The summed E-state index contributed by atoms with van der Waals surface area (Å²) in [6, 6.07) is 14.5. The molecular weight excluding hydrogens is 392 g/mol. The number of rotatable bonds is 11. The topological polar surface area (TPSA) is 67.9 Å². The lowest BCUT2D eigenvalue weighted by Crippen LogP contribution is -2.48. The van der Waals surface area contributed by atoms with E-state index in [4.69, 9.17) is 9.47 Å². The standard InChI is InChI=1S/C25H34N2O4/c1-18(2)13-14-26-25(29)19(3)27(17-20-9-7-6-8-10-20)24(28)16-21-11-12-22(30-4)23(15-21)31-5/h6-12,15,18-19H,13-14,16-17H2,1-5H3,(H,26,29)/t19-/m0/s1. The number of benzene rings is 2. The van der Waals surface area contributed by atoms with Crippen molar-refractivity contribution in [1.82, 2.24) is 10.2 Å². The fraction of sp³-hybridized carbons (Fsp3) is 0.440. The highest BCUT2D eigenvalue weighted by molar-refractivity contribution is 5.88. The number of carbonyl (C=O) groups excluding carboxylic acids is 2. The number of hydrogen-bond donors (Lipinski definition) is 1. The Labute approximate surface area is 185 Å². The zero-order valence-electron chi connectivity index (χ0n) is 19.2. The number of nitrogens with zero attached hydrogens (tertiary/aromatic N) is 1. The maximum Gasteiger partial charge on any atom is 0.242 e. The Morgan fingerprint density at radius 2 is 1.61 bits per heavy atom. The van der Waals surface area contributed by atoms with Gasteiger partial charge in [0.15, 0.2) is 11.5 Å². The van der Waals surface area contributed by atoms with Crippen LogP contribution in [0.3, 0.4) is 0 Å². The smallest absolute Gasteiger partial charge is 0.242 e. The number of carbonyl (C=O) groups is 2. The van der Waals surface area contributed by atoms with Gasteiger partial charge in [-0.2, -0.15) is 0 Å². The van der Waals surface area contributed by atoms with Gasteiger partial charge in [-0.3, -0.25) is 9.59 Å². The van der Waals surface area contributed by atoms with Crippen LogP contribution in [0.4, 0.5) is 0 Å². The highest BCUT2D eigenvalue weighted by atomic mass is 16.5. The quantitative estimate of drug-likeness (QED) is 0.593. The van der Waals surface area contributed by atoms with E-state index in [1.54, 1.807) is 38.2 Å². The molecule has 1 N–H and O–H groups in total. The minimum atomic E-state index is -0.583. The van der Waals surface area contributed by atoms with E-state index in [1.165, 1.54) is 0 Å². The van der Waals surface area contributed by atoms with Crippen LogP contribution in [-0.2, 0) is 22.6 Å². The summed E-state index contributed by atoms with van der Waals surface area (Å²) in [6.07, 6.45) is 1.06. The maximum atomic E-state index is 13.3. The zero-order valence-corrected chi connectivity index (χ0v) is 19.2. The first kappa shape index (κ1) is 24.3. The molecule has 0 bridgehead atoms.